The van der Waals surface area contributed by atoms with Gasteiger partial charge in [-0.3, -0.25) is 4.79 Å². The fourth-order valence-electron chi connectivity index (χ4n) is 3.17. The van der Waals surface area contributed by atoms with Gasteiger partial charge in [-0.2, -0.15) is 22.8 Å². The smallest absolute Gasteiger partial charge is 0.416 e. The summed E-state index contributed by atoms with van der Waals surface area (Å²) in [5.74, 6) is 0.710. The van der Waals surface area contributed by atoms with E-state index in [4.69, 9.17) is 9.47 Å². The van der Waals surface area contributed by atoms with Gasteiger partial charge >= 0.3 is 6.18 Å². The van der Waals surface area contributed by atoms with E-state index in [1.807, 2.05) is 12.1 Å². The van der Waals surface area contributed by atoms with Crippen LogP contribution in [0.4, 0.5) is 18.9 Å². The third-order valence-electron chi connectivity index (χ3n) is 4.71. The van der Waals surface area contributed by atoms with Crippen LogP contribution in [0.5, 0.6) is 11.5 Å². The maximum absolute atomic E-state index is 12.9. The molecule has 1 amide bonds. The van der Waals surface area contributed by atoms with Crippen molar-refractivity contribution in [1.29, 1.82) is 0 Å². The number of fused-ring (bicyclic) bond motifs is 2. The Balaban J connectivity index is 1.30. The molecule has 0 saturated heterocycles. The maximum Gasteiger partial charge on any atom is 0.416 e. The van der Waals surface area contributed by atoms with Crippen molar-refractivity contribution in [2.75, 3.05) is 17.9 Å². The van der Waals surface area contributed by atoms with Gasteiger partial charge in [-0.15, -0.1) is 10.2 Å². The van der Waals surface area contributed by atoms with Gasteiger partial charge in [-0.25, -0.2) is 0 Å². The summed E-state index contributed by atoms with van der Waals surface area (Å²) in [5, 5.41) is 15.5. The number of hydrogen-bond acceptors (Lipinski definition) is 7. The van der Waals surface area contributed by atoms with Crippen molar-refractivity contribution in [1.82, 2.24) is 19.8 Å². The van der Waals surface area contributed by atoms with Gasteiger partial charge in [0, 0.05) is 11.3 Å². The minimum atomic E-state index is -4.49. The second-order valence-electron chi connectivity index (χ2n) is 6.95. The third-order valence-corrected chi connectivity index (χ3v) is 5.63. The van der Waals surface area contributed by atoms with Gasteiger partial charge in [-0.1, -0.05) is 17.8 Å². The summed E-state index contributed by atoms with van der Waals surface area (Å²) in [6, 6.07) is 13.4. The van der Waals surface area contributed by atoms with Crippen molar-refractivity contribution in [3.8, 4) is 22.8 Å². The topological polar surface area (TPSA) is 90.6 Å². The van der Waals surface area contributed by atoms with Gasteiger partial charge in [0.1, 0.15) is 0 Å². The average molecular weight is 473 g/mol. The first-order valence-corrected chi connectivity index (χ1v) is 10.6. The lowest BCUT2D eigenvalue weighted by Gasteiger charge is -2.09. The highest BCUT2D eigenvalue weighted by Crippen LogP contribution is 2.35. The van der Waals surface area contributed by atoms with E-state index < -0.39 is 17.6 Å². The first kappa shape index (κ1) is 21.1. The summed E-state index contributed by atoms with van der Waals surface area (Å²) in [6.45, 7) is 0.167. The quantitative estimate of drug-likeness (QED) is 0.433. The third kappa shape index (κ3) is 4.42. The van der Waals surface area contributed by atoms with Crippen LogP contribution in [-0.2, 0) is 11.0 Å². The first-order valence-electron chi connectivity index (χ1n) is 9.59. The summed E-state index contributed by atoms with van der Waals surface area (Å²) in [6.07, 6.45) is -4.49. The van der Waals surface area contributed by atoms with Crippen molar-refractivity contribution in [2.24, 2.45) is 0 Å². The Morgan fingerprint density at radius 1 is 1.06 bits per heavy atom. The Morgan fingerprint density at radius 3 is 2.76 bits per heavy atom. The van der Waals surface area contributed by atoms with Crippen LogP contribution < -0.4 is 14.8 Å². The highest BCUT2D eigenvalue weighted by Gasteiger charge is 2.30. The molecule has 8 nitrogen and oxygen atoms in total. The molecule has 3 heterocycles. The van der Waals surface area contributed by atoms with Gasteiger partial charge in [0.2, 0.25) is 17.9 Å². The van der Waals surface area contributed by atoms with Crippen LogP contribution in [0.2, 0.25) is 0 Å². The molecule has 0 atom stereocenters. The van der Waals surface area contributed by atoms with Crippen molar-refractivity contribution in [3.05, 3.63) is 60.2 Å². The lowest BCUT2D eigenvalue weighted by molar-refractivity contribution is -0.137. The van der Waals surface area contributed by atoms with E-state index in [1.165, 1.54) is 16.6 Å². The summed E-state index contributed by atoms with van der Waals surface area (Å²) in [5.41, 5.74) is 1.14. The zero-order valence-corrected chi connectivity index (χ0v) is 17.5. The number of rotatable bonds is 5. The van der Waals surface area contributed by atoms with Gasteiger partial charge in [0.25, 0.3) is 0 Å². The number of anilines is 1. The van der Waals surface area contributed by atoms with Crippen LogP contribution in [0.3, 0.4) is 0 Å². The van der Waals surface area contributed by atoms with Crippen molar-refractivity contribution in [3.63, 3.8) is 0 Å². The molecule has 1 N–H and O–H groups in total. The average Bonchev–Trinajstić information content (AvgIpc) is 3.43. The largest absolute Gasteiger partial charge is 0.454 e. The molecule has 5 rings (SSSR count). The molecule has 1 aliphatic rings. The number of halogens is 3. The van der Waals surface area contributed by atoms with Gasteiger partial charge in [0.05, 0.1) is 17.0 Å². The molecule has 0 radical (unpaired) electrons. The summed E-state index contributed by atoms with van der Waals surface area (Å²) in [7, 11) is 0. The zero-order chi connectivity index (χ0) is 23.0. The lowest BCUT2D eigenvalue weighted by Crippen LogP contribution is -2.15. The Morgan fingerprint density at radius 2 is 1.91 bits per heavy atom. The van der Waals surface area contributed by atoms with E-state index in [-0.39, 0.29) is 18.2 Å². The van der Waals surface area contributed by atoms with Crippen LogP contribution in [0, 0.1) is 0 Å². The highest BCUT2D eigenvalue weighted by atomic mass is 32.2. The summed E-state index contributed by atoms with van der Waals surface area (Å²) in [4.78, 5) is 12.3. The molecule has 1 aliphatic heterocycles. The number of amides is 1. The lowest BCUT2D eigenvalue weighted by atomic mass is 10.1. The number of nitrogens with zero attached hydrogens (tertiary/aromatic N) is 4. The predicted molar refractivity (Wildman–Crippen MR) is 113 cm³/mol. The Labute approximate surface area is 188 Å². The normalized spacial score (nSPS) is 12.8. The molecule has 168 valence electrons. The van der Waals surface area contributed by atoms with E-state index in [9.17, 15) is 18.0 Å². The van der Waals surface area contributed by atoms with E-state index in [2.05, 4.69) is 20.6 Å². The number of thioether (sulfide) groups is 1. The summed E-state index contributed by atoms with van der Waals surface area (Å²) < 4.78 is 50.8. The minimum Gasteiger partial charge on any atom is -0.454 e. The molecule has 2 aromatic carbocycles. The Hall–Kier alpha value is -3.80. The number of aromatic nitrogens is 4. The zero-order valence-electron chi connectivity index (χ0n) is 16.7. The molecular weight excluding hydrogens is 459 g/mol. The molecule has 2 aromatic heterocycles. The molecule has 0 unspecified atom stereocenters. The predicted octanol–water partition coefficient (Wildman–Crippen LogP) is 4.27. The molecule has 0 fully saturated rings. The number of alkyl halides is 3. The van der Waals surface area contributed by atoms with E-state index in [0.717, 1.165) is 29.5 Å². The van der Waals surface area contributed by atoms with Crippen LogP contribution >= 0.6 is 11.8 Å². The number of carbonyl (C=O) groups is 1. The van der Waals surface area contributed by atoms with Crippen molar-refractivity contribution >= 4 is 29.0 Å². The van der Waals surface area contributed by atoms with Gasteiger partial charge in [-0.05, 0) is 48.5 Å². The van der Waals surface area contributed by atoms with E-state index >= 15 is 0 Å². The fraction of sp³-hybridized carbons (Fsp3) is 0.143. The number of nitrogens with one attached hydrogen (secondary N) is 1. The van der Waals surface area contributed by atoms with Crippen molar-refractivity contribution in [2.45, 2.75) is 11.3 Å². The SMILES string of the molecule is O=C(CSc1nnc2ccc(-c3ccc4c(c3)OCO4)nn12)Nc1cccc(C(F)(F)F)c1. The highest BCUT2D eigenvalue weighted by molar-refractivity contribution is 7.99. The monoisotopic (exact) mass is 473 g/mol. The molecule has 0 bridgehead atoms. The standard InChI is InChI=1S/C21H14F3N5O3S/c22-21(23,24)13-2-1-3-14(9-13)25-19(30)10-33-20-27-26-18-7-5-15(28-29(18)20)12-4-6-16-17(8-12)32-11-31-16/h1-9H,10-11H2,(H,25,30). The Bertz CT molecular complexity index is 1360. The number of hydrogen-bond donors (Lipinski definition) is 1. The van der Waals surface area contributed by atoms with Crippen LogP contribution in [-0.4, -0.2) is 38.3 Å². The molecule has 0 spiro atoms. The van der Waals surface area contributed by atoms with Crippen LogP contribution in [0.25, 0.3) is 16.9 Å². The van der Waals surface area contributed by atoms with Gasteiger partial charge in [0.15, 0.2) is 17.1 Å². The second-order valence-corrected chi connectivity index (χ2v) is 7.90. The first-order chi connectivity index (χ1) is 15.9. The molecule has 0 saturated carbocycles. The van der Waals surface area contributed by atoms with Crippen molar-refractivity contribution < 1.29 is 27.4 Å². The number of benzene rings is 2. The van der Waals surface area contributed by atoms with E-state index in [1.54, 1.807) is 18.2 Å². The maximum atomic E-state index is 12.9. The van der Waals surface area contributed by atoms with Gasteiger partial charge < -0.3 is 14.8 Å². The number of ether oxygens (including phenoxy) is 2. The Kier molecular flexibility index (Phi) is 5.29. The molecule has 0 aliphatic carbocycles. The molecule has 33 heavy (non-hydrogen) atoms. The second kappa shape index (κ2) is 8.28. The fourth-order valence-corrected chi connectivity index (χ4v) is 3.86. The molecule has 4 aromatic rings. The van der Waals surface area contributed by atoms with Crippen LogP contribution in [0.1, 0.15) is 5.56 Å². The number of carbonyl (C=O) groups excluding carboxylic acids is 1. The molecular formula is C21H14F3N5O3S. The van der Waals surface area contributed by atoms with Crippen LogP contribution in [0.15, 0.2) is 59.8 Å². The molecule has 12 heteroatoms. The van der Waals surface area contributed by atoms with E-state index in [0.29, 0.717) is 28.0 Å². The minimum absolute atomic E-state index is 0.0599. The summed E-state index contributed by atoms with van der Waals surface area (Å²) >= 11 is 1.07.